The number of imide groups is 1. The predicted molar refractivity (Wildman–Crippen MR) is 76.5 cm³/mol. The van der Waals surface area contributed by atoms with Gasteiger partial charge in [-0.1, -0.05) is 6.92 Å². The number of carbonyl (C=O) groups is 2. The fourth-order valence-electron chi connectivity index (χ4n) is 1.57. The Hall–Kier alpha value is -2.97. The zero-order chi connectivity index (χ0) is 15.8. The third-order valence-electron chi connectivity index (χ3n) is 2.61. The summed E-state index contributed by atoms with van der Waals surface area (Å²) in [5.41, 5.74) is 0.765. The molecule has 0 atom stereocenters. The first-order chi connectivity index (χ1) is 10.7. The van der Waals surface area contributed by atoms with Gasteiger partial charge in [0.15, 0.2) is 6.61 Å². The van der Waals surface area contributed by atoms with Crippen molar-refractivity contribution in [3.8, 4) is 11.4 Å². The van der Waals surface area contributed by atoms with Gasteiger partial charge in [0.25, 0.3) is 5.91 Å². The van der Waals surface area contributed by atoms with Crippen LogP contribution in [0.1, 0.15) is 13.3 Å². The molecule has 3 amide bonds. The third kappa shape index (κ3) is 4.54. The van der Waals surface area contributed by atoms with Gasteiger partial charge in [0, 0.05) is 6.54 Å². The van der Waals surface area contributed by atoms with Gasteiger partial charge in [-0.2, -0.15) is 0 Å². The first-order valence-corrected chi connectivity index (χ1v) is 6.73. The van der Waals surface area contributed by atoms with Crippen LogP contribution in [0.15, 0.2) is 30.6 Å². The highest BCUT2D eigenvalue weighted by Gasteiger charge is 2.07. The molecule has 116 valence electrons. The van der Waals surface area contributed by atoms with Crippen LogP contribution in [0.3, 0.4) is 0 Å². The summed E-state index contributed by atoms with van der Waals surface area (Å²) in [6.45, 7) is 2.19. The van der Waals surface area contributed by atoms with E-state index in [0.717, 1.165) is 12.1 Å². The van der Waals surface area contributed by atoms with Gasteiger partial charge in [0.2, 0.25) is 0 Å². The average Bonchev–Trinajstić information content (AvgIpc) is 3.06. The zero-order valence-corrected chi connectivity index (χ0v) is 12.0. The van der Waals surface area contributed by atoms with Crippen molar-refractivity contribution in [3.63, 3.8) is 0 Å². The van der Waals surface area contributed by atoms with E-state index >= 15 is 0 Å². The first-order valence-electron chi connectivity index (χ1n) is 6.73. The maximum atomic E-state index is 11.5. The van der Waals surface area contributed by atoms with Crippen LogP contribution >= 0.6 is 0 Å². The number of nitrogens with zero attached hydrogens (tertiary/aromatic N) is 4. The van der Waals surface area contributed by atoms with E-state index in [-0.39, 0.29) is 6.61 Å². The number of aromatic nitrogens is 4. The van der Waals surface area contributed by atoms with Gasteiger partial charge in [-0.25, -0.2) is 9.48 Å². The van der Waals surface area contributed by atoms with E-state index in [1.165, 1.54) is 11.0 Å². The molecule has 0 saturated heterocycles. The van der Waals surface area contributed by atoms with E-state index in [2.05, 4.69) is 26.2 Å². The number of rotatable bonds is 6. The van der Waals surface area contributed by atoms with Crippen LogP contribution in [0.5, 0.6) is 5.75 Å². The Labute approximate surface area is 126 Å². The highest BCUT2D eigenvalue weighted by Crippen LogP contribution is 2.13. The molecule has 0 unspecified atom stereocenters. The lowest BCUT2D eigenvalue weighted by Crippen LogP contribution is -2.41. The predicted octanol–water partition coefficient (Wildman–Crippen LogP) is 0.277. The number of ether oxygens (including phenoxy) is 1. The summed E-state index contributed by atoms with van der Waals surface area (Å²) in [5, 5.41) is 15.5. The monoisotopic (exact) mass is 304 g/mol. The Morgan fingerprint density at radius 2 is 2.05 bits per heavy atom. The molecule has 0 saturated carbocycles. The molecular weight excluding hydrogens is 288 g/mol. The highest BCUT2D eigenvalue weighted by molar-refractivity contribution is 5.94. The maximum absolute atomic E-state index is 11.5. The van der Waals surface area contributed by atoms with Crippen LogP contribution < -0.4 is 15.4 Å². The second kappa shape index (κ2) is 7.72. The molecule has 0 spiro atoms. The molecule has 1 heterocycles. The van der Waals surface area contributed by atoms with Crippen LogP contribution in [0, 0.1) is 0 Å². The molecule has 0 aliphatic rings. The molecule has 2 rings (SSSR count). The summed E-state index contributed by atoms with van der Waals surface area (Å²) in [6, 6.07) is 6.34. The SMILES string of the molecule is CCCNC(=O)NC(=O)COc1ccc(-n2cnnn2)cc1. The molecule has 0 radical (unpaired) electrons. The normalized spacial score (nSPS) is 10.0. The molecule has 9 nitrogen and oxygen atoms in total. The fraction of sp³-hybridized carbons (Fsp3) is 0.308. The summed E-state index contributed by atoms with van der Waals surface area (Å²) in [7, 11) is 0. The smallest absolute Gasteiger partial charge is 0.321 e. The molecule has 0 fully saturated rings. The Balaban J connectivity index is 1.79. The van der Waals surface area contributed by atoms with E-state index in [0.29, 0.717) is 12.3 Å². The van der Waals surface area contributed by atoms with Crippen molar-refractivity contribution in [1.29, 1.82) is 0 Å². The number of benzene rings is 1. The van der Waals surface area contributed by atoms with Gasteiger partial charge in [0.05, 0.1) is 5.69 Å². The average molecular weight is 304 g/mol. The summed E-state index contributed by atoms with van der Waals surface area (Å²) < 4.78 is 6.79. The van der Waals surface area contributed by atoms with Crippen molar-refractivity contribution >= 4 is 11.9 Å². The summed E-state index contributed by atoms with van der Waals surface area (Å²) in [5.74, 6) is -0.0147. The van der Waals surface area contributed by atoms with Gasteiger partial charge in [-0.15, -0.1) is 5.10 Å². The Bertz CT molecular complexity index is 611. The van der Waals surface area contributed by atoms with Gasteiger partial charge in [0.1, 0.15) is 12.1 Å². The zero-order valence-electron chi connectivity index (χ0n) is 12.0. The number of urea groups is 1. The second-order valence-corrected chi connectivity index (χ2v) is 4.34. The van der Waals surface area contributed by atoms with Crippen LogP contribution in [-0.4, -0.2) is 45.3 Å². The number of carbonyl (C=O) groups excluding carboxylic acids is 2. The molecule has 2 aromatic rings. The minimum absolute atomic E-state index is 0.246. The van der Waals surface area contributed by atoms with Crippen LogP contribution in [0.2, 0.25) is 0 Å². The van der Waals surface area contributed by atoms with Gasteiger partial charge >= 0.3 is 6.03 Å². The largest absolute Gasteiger partial charge is 0.484 e. The Morgan fingerprint density at radius 3 is 2.68 bits per heavy atom. The molecular formula is C13H16N6O3. The van der Waals surface area contributed by atoms with Gasteiger partial charge in [-0.05, 0) is 41.1 Å². The molecule has 0 bridgehead atoms. The molecule has 22 heavy (non-hydrogen) atoms. The van der Waals surface area contributed by atoms with Crippen molar-refractivity contribution in [3.05, 3.63) is 30.6 Å². The molecule has 1 aromatic heterocycles. The molecule has 0 aliphatic heterocycles. The van der Waals surface area contributed by atoms with Gasteiger partial charge in [-0.3, -0.25) is 10.1 Å². The molecule has 9 heteroatoms. The van der Waals surface area contributed by atoms with Crippen molar-refractivity contribution in [2.75, 3.05) is 13.2 Å². The van der Waals surface area contributed by atoms with Crippen molar-refractivity contribution in [2.24, 2.45) is 0 Å². The van der Waals surface area contributed by atoms with E-state index in [1.54, 1.807) is 24.3 Å². The summed E-state index contributed by atoms with van der Waals surface area (Å²) in [4.78, 5) is 22.8. The topological polar surface area (TPSA) is 111 Å². The van der Waals surface area contributed by atoms with Crippen molar-refractivity contribution in [2.45, 2.75) is 13.3 Å². The number of hydrogen-bond acceptors (Lipinski definition) is 6. The maximum Gasteiger partial charge on any atom is 0.321 e. The van der Waals surface area contributed by atoms with E-state index in [1.807, 2.05) is 6.92 Å². The molecule has 1 aromatic carbocycles. The Morgan fingerprint density at radius 1 is 1.27 bits per heavy atom. The summed E-state index contributed by atoms with van der Waals surface area (Å²) >= 11 is 0. The fourth-order valence-corrected chi connectivity index (χ4v) is 1.57. The summed E-state index contributed by atoms with van der Waals surface area (Å²) in [6.07, 6.45) is 2.27. The van der Waals surface area contributed by atoms with Crippen molar-refractivity contribution in [1.82, 2.24) is 30.8 Å². The Kier molecular flexibility index (Phi) is 5.41. The number of amides is 3. The van der Waals surface area contributed by atoms with Crippen LogP contribution in [-0.2, 0) is 4.79 Å². The molecule has 0 aliphatic carbocycles. The van der Waals surface area contributed by atoms with E-state index in [4.69, 9.17) is 4.74 Å². The minimum Gasteiger partial charge on any atom is -0.484 e. The molecule has 2 N–H and O–H groups in total. The highest BCUT2D eigenvalue weighted by atomic mass is 16.5. The van der Waals surface area contributed by atoms with E-state index in [9.17, 15) is 9.59 Å². The standard InChI is InChI=1S/C13H16N6O3/c1-2-7-14-13(21)16-12(20)8-22-11-5-3-10(4-6-11)19-9-15-17-18-19/h3-6,9H,2,7-8H2,1H3,(H2,14,16,20,21). The lowest BCUT2D eigenvalue weighted by Gasteiger charge is -2.08. The quantitative estimate of drug-likeness (QED) is 0.793. The van der Waals surface area contributed by atoms with E-state index < -0.39 is 11.9 Å². The van der Waals surface area contributed by atoms with Crippen LogP contribution in [0.4, 0.5) is 4.79 Å². The number of nitrogens with one attached hydrogen (secondary N) is 2. The second-order valence-electron chi connectivity index (χ2n) is 4.34. The first kappa shape index (κ1) is 15.4. The lowest BCUT2D eigenvalue weighted by molar-refractivity contribution is -0.122. The number of hydrogen-bond donors (Lipinski definition) is 2. The van der Waals surface area contributed by atoms with Crippen molar-refractivity contribution < 1.29 is 14.3 Å². The number of tetrazole rings is 1. The third-order valence-corrected chi connectivity index (χ3v) is 2.61. The lowest BCUT2D eigenvalue weighted by atomic mass is 10.3. The van der Waals surface area contributed by atoms with Crippen LogP contribution in [0.25, 0.3) is 5.69 Å². The van der Waals surface area contributed by atoms with Gasteiger partial charge < -0.3 is 10.1 Å². The minimum atomic E-state index is -0.524.